The third-order valence-corrected chi connectivity index (χ3v) is 2.75. The molecule has 1 aromatic rings. The summed E-state index contributed by atoms with van der Waals surface area (Å²) in [5, 5.41) is 11.8. The minimum Gasteiger partial charge on any atom is -0.480 e. The van der Waals surface area contributed by atoms with Crippen LogP contribution in [0.15, 0.2) is 18.2 Å². The molecule has 1 amide bonds. The second-order valence-corrected chi connectivity index (χ2v) is 4.01. The molecule has 6 nitrogen and oxygen atoms in total. The lowest BCUT2D eigenvalue weighted by atomic mass is 10.1. The van der Waals surface area contributed by atoms with Crippen LogP contribution in [-0.2, 0) is 9.59 Å². The first-order valence-corrected chi connectivity index (χ1v) is 5.54. The number of nitrogens with one attached hydrogen (secondary N) is 1. The van der Waals surface area contributed by atoms with Crippen LogP contribution in [0, 0.1) is 0 Å². The Morgan fingerprint density at radius 1 is 1.56 bits per heavy atom. The minimum atomic E-state index is -1.06. The first-order chi connectivity index (χ1) is 8.52. The van der Waals surface area contributed by atoms with Crippen LogP contribution >= 0.6 is 0 Å². The molecule has 1 heterocycles. The number of hydrogen-bond acceptors (Lipinski definition) is 4. The lowest BCUT2D eigenvalue weighted by Gasteiger charge is -2.32. The van der Waals surface area contributed by atoms with Crippen LogP contribution in [0.1, 0.15) is 6.92 Å². The number of aliphatic carboxylic acids is 1. The van der Waals surface area contributed by atoms with Gasteiger partial charge in [0.05, 0.1) is 5.69 Å². The maximum atomic E-state index is 11.9. The number of benzene rings is 1. The smallest absolute Gasteiger partial charge is 0.323 e. The molecule has 18 heavy (non-hydrogen) atoms. The third-order valence-electron chi connectivity index (χ3n) is 2.75. The Hall–Kier alpha value is -2.24. The fraction of sp³-hybridized carbons (Fsp3) is 0.333. The number of nitrogens with zero attached hydrogens (tertiary/aromatic N) is 1. The average molecular weight is 250 g/mol. The molecular weight excluding hydrogens is 236 g/mol. The fourth-order valence-corrected chi connectivity index (χ4v) is 1.86. The van der Waals surface area contributed by atoms with Crippen molar-refractivity contribution < 1.29 is 19.4 Å². The lowest BCUT2D eigenvalue weighted by Crippen LogP contribution is -2.46. The molecule has 2 N–H and O–H groups in total. The van der Waals surface area contributed by atoms with Gasteiger partial charge in [-0.2, -0.15) is 0 Å². The van der Waals surface area contributed by atoms with Crippen molar-refractivity contribution in [2.75, 3.05) is 23.8 Å². The van der Waals surface area contributed by atoms with Gasteiger partial charge >= 0.3 is 5.97 Å². The van der Waals surface area contributed by atoms with Gasteiger partial charge < -0.3 is 15.2 Å². The normalized spacial score (nSPS) is 18.0. The summed E-state index contributed by atoms with van der Waals surface area (Å²) in [6, 6.07) is 5.22. The highest BCUT2D eigenvalue weighted by atomic mass is 16.5. The van der Waals surface area contributed by atoms with Gasteiger partial charge in [0, 0.05) is 12.7 Å². The molecule has 0 fully saturated rings. The van der Waals surface area contributed by atoms with Gasteiger partial charge in [-0.3, -0.25) is 14.5 Å². The van der Waals surface area contributed by atoms with Crippen molar-refractivity contribution in [2.24, 2.45) is 0 Å². The van der Waals surface area contributed by atoms with E-state index in [1.54, 1.807) is 32.2 Å². The summed E-state index contributed by atoms with van der Waals surface area (Å²) < 4.78 is 5.44. The van der Waals surface area contributed by atoms with E-state index in [1.807, 2.05) is 0 Å². The second-order valence-electron chi connectivity index (χ2n) is 4.01. The van der Waals surface area contributed by atoms with E-state index in [4.69, 9.17) is 9.84 Å². The second kappa shape index (κ2) is 4.56. The number of hydrogen-bond donors (Lipinski definition) is 2. The molecule has 0 bridgehead atoms. The van der Waals surface area contributed by atoms with Gasteiger partial charge in [-0.1, -0.05) is 0 Å². The van der Waals surface area contributed by atoms with Crippen LogP contribution in [0.2, 0.25) is 0 Å². The monoisotopic (exact) mass is 250 g/mol. The molecule has 0 aromatic heterocycles. The molecule has 0 aliphatic carbocycles. The Labute approximate surface area is 104 Å². The maximum Gasteiger partial charge on any atom is 0.323 e. The van der Waals surface area contributed by atoms with E-state index in [1.165, 1.54) is 4.90 Å². The van der Waals surface area contributed by atoms with Crippen LogP contribution in [-0.4, -0.2) is 36.7 Å². The molecule has 0 saturated carbocycles. The van der Waals surface area contributed by atoms with Gasteiger partial charge in [-0.05, 0) is 25.1 Å². The number of anilines is 2. The zero-order chi connectivity index (χ0) is 13.3. The predicted octanol–water partition coefficient (Wildman–Crippen LogP) is 0.927. The molecule has 1 aliphatic rings. The summed E-state index contributed by atoms with van der Waals surface area (Å²) in [6.45, 7) is 1.23. The molecule has 6 heteroatoms. The number of carboxylic acids is 1. The van der Waals surface area contributed by atoms with Crippen molar-refractivity contribution >= 4 is 23.3 Å². The van der Waals surface area contributed by atoms with E-state index in [9.17, 15) is 9.59 Å². The maximum absolute atomic E-state index is 11.9. The largest absolute Gasteiger partial charge is 0.480 e. The Bertz CT molecular complexity index is 501. The number of carboxylic acid groups (broad SMARTS) is 1. The van der Waals surface area contributed by atoms with E-state index in [0.29, 0.717) is 11.4 Å². The third kappa shape index (κ3) is 2.09. The van der Waals surface area contributed by atoms with E-state index in [-0.39, 0.29) is 12.5 Å². The van der Waals surface area contributed by atoms with Crippen molar-refractivity contribution in [3.8, 4) is 5.75 Å². The topological polar surface area (TPSA) is 78.9 Å². The number of amides is 1. The minimum absolute atomic E-state index is 0.349. The Morgan fingerprint density at radius 2 is 2.28 bits per heavy atom. The zero-order valence-electron chi connectivity index (χ0n) is 10.1. The number of rotatable bonds is 3. The van der Waals surface area contributed by atoms with E-state index in [0.717, 1.165) is 5.69 Å². The highest BCUT2D eigenvalue weighted by molar-refractivity contribution is 6.03. The van der Waals surface area contributed by atoms with E-state index in [2.05, 4.69) is 5.32 Å². The summed E-state index contributed by atoms with van der Waals surface area (Å²) in [4.78, 5) is 24.0. The highest BCUT2D eigenvalue weighted by Gasteiger charge is 2.32. The SMILES string of the molecule is CNc1ccc2c(c1)N(CC(=O)O)C(=O)C(C)O2. The van der Waals surface area contributed by atoms with E-state index >= 15 is 0 Å². The molecule has 1 unspecified atom stereocenters. The van der Waals surface area contributed by atoms with Crippen molar-refractivity contribution in [1.29, 1.82) is 0 Å². The summed E-state index contributed by atoms with van der Waals surface area (Å²) in [7, 11) is 1.75. The van der Waals surface area contributed by atoms with Crippen LogP contribution < -0.4 is 15.0 Å². The first-order valence-electron chi connectivity index (χ1n) is 5.54. The van der Waals surface area contributed by atoms with Gasteiger partial charge in [-0.15, -0.1) is 0 Å². The van der Waals surface area contributed by atoms with Crippen LogP contribution in [0.25, 0.3) is 0 Å². The predicted molar refractivity (Wildman–Crippen MR) is 66.1 cm³/mol. The summed E-state index contributed by atoms with van der Waals surface area (Å²) >= 11 is 0. The molecule has 1 aliphatic heterocycles. The van der Waals surface area contributed by atoms with Crippen molar-refractivity contribution in [3.63, 3.8) is 0 Å². The number of carbonyl (C=O) groups excluding carboxylic acids is 1. The molecule has 1 atom stereocenters. The Balaban J connectivity index is 2.45. The van der Waals surface area contributed by atoms with E-state index < -0.39 is 12.1 Å². The average Bonchev–Trinajstić information content (AvgIpc) is 2.34. The van der Waals surface area contributed by atoms with Gasteiger partial charge in [0.2, 0.25) is 0 Å². The van der Waals surface area contributed by atoms with Gasteiger partial charge in [-0.25, -0.2) is 0 Å². The van der Waals surface area contributed by atoms with Crippen molar-refractivity contribution in [3.05, 3.63) is 18.2 Å². The molecule has 1 aromatic carbocycles. The molecular formula is C12H14N2O4. The van der Waals surface area contributed by atoms with Crippen molar-refractivity contribution in [2.45, 2.75) is 13.0 Å². The molecule has 2 rings (SSSR count). The number of ether oxygens (including phenoxy) is 1. The standard InChI is InChI=1S/C12H14N2O4/c1-7-12(17)14(6-11(15)16)9-5-8(13-2)3-4-10(9)18-7/h3-5,7,13H,6H2,1-2H3,(H,15,16). The summed E-state index contributed by atoms with van der Waals surface area (Å²) in [5.74, 6) is -0.890. The van der Waals surface area contributed by atoms with Crippen LogP contribution in [0.5, 0.6) is 5.75 Å². The Morgan fingerprint density at radius 3 is 2.89 bits per heavy atom. The van der Waals surface area contributed by atoms with Crippen molar-refractivity contribution in [1.82, 2.24) is 0 Å². The van der Waals surface area contributed by atoms with Crippen LogP contribution in [0.3, 0.4) is 0 Å². The molecule has 0 saturated heterocycles. The Kier molecular flexibility index (Phi) is 3.10. The summed E-state index contributed by atoms with van der Waals surface area (Å²) in [5.41, 5.74) is 1.27. The zero-order valence-corrected chi connectivity index (χ0v) is 10.1. The fourth-order valence-electron chi connectivity index (χ4n) is 1.86. The number of carbonyl (C=O) groups is 2. The van der Waals surface area contributed by atoms with Gasteiger partial charge in [0.15, 0.2) is 6.10 Å². The number of fused-ring (bicyclic) bond motifs is 1. The molecule has 96 valence electrons. The molecule has 0 spiro atoms. The highest BCUT2D eigenvalue weighted by Crippen LogP contribution is 2.35. The van der Waals surface area contributed by atoms with Gasteiger partial charge in [0.1, 0.15) is 12.3 Å². The van der Waals surface area contributed by atoms with Gasteiger partial charge in [0.25, 0.3) is 5.91 Å². The lowest BCUT2D eigenvalue weighted by molar-refractivity contribution is -0.137. The van der Waals surface area contributed by atoms with Crippen LogP contribution in [0.4, 0.5) is 11.4 Å². The summed E-state index contributed by atoms with van der Waals surface area (Å²) in [6.07, 6.45) is -0.669. The molecule has 0 radical (unpaired) electrons. The first kappa shape index (κ1) is 12.2. The quantitative estimate of drug-likeness (QED) is 0.834.